The van der Waals surface area contributed by atoms with Gasteiger partial charge in [-0.25, -0.2) is 0 Å². The Bertz CT molecular complexity index is 753. The molecule has 0 spiro atoms. The lowest BCUT2D eigenvalue weighted by molar-refractivity contribution is -0.491. The Kier molecular flexibility index (Phi) is 4.15. The van der Waals surface area contributed by atoms with Crippen LogP contribution < -0.4 is 0 Å². The molecule has 0 aromatic heterocycles. The van der Waals surface area contributed by atoms with Crippen LogP contribution in [0.25, 0.3) is 9.34 Å². The van der Waals surface area contributed by atoms with Gasteiger partial charge in [0.15, 0.2) is 6.10 Å². The number of benzene rings is 2. The van der Waals surface area contributed by atoms with Gasteiger partial charge in [-0.1, -0.05) is 54.1 Å². The van der Waals surface area contributed by atoms with Gasteiger partial charge in [0.1, 0.15) is 5.76 Å². The molecule has 2 aromatic carbocycles. The minimum Gasteiger partial charge on any atom is -0.477 e. The molecule has 22 heavy (non-hydrogen) atoms. The lowest BCUT2D eigenvalue weighted by Gasteiger charge is -2.27. The van der Waals surface area contributed by atoms with Crippen molar-refractivity contribution < 1.29 is 9.66 Å². The largest absolute Gasteiger partial charge is 0.477 e. The average molecular weight is 407 g/mol. The summed E-state index contributed by atoms with van der Waals surface area (Å²) < 4.78 is 6.98. The first-order valence-electron chi connectivity index (χ1n) is 6.91. The molecule has 4 nitrogen and oxygen atoms in total. The van der Waals surface area contributed by atoms with Gasteiger partial charge in [0.05, 0.1) is 3.58 Å². The Morgan fingerprint density at radius 3 is 2.55 bits per heavy atom. The van der Waals surface area contributed by atoms with Crippen molar-refractivity contribution in [1.29, 1.82) is 0 Å². The van der Waals surface area contributed by atoms with Gasteiger partial charge in [0.25, 0.3) is 0 Å². The average Bonchev–Trinajstić information content (AvgIpc) is 2.51. The van der Waals surface area contributed by atoms with E-state index in [0.717, 1.165) is 25.8 Å². The predicted molar refractivity (Wildman–Crippen MR) is 94.1 cm³/mol. The number of hydrogen-bond acceptors (Lipinski definition) is 3. The van der Waals surface area contributed by atoms with Crippen LogP contribution in [0.5, 0.6) is 0 Å². The summed E-state index contributed by atoms with van der Waals surface area (Å²) >= 11 is 2.25. The molecule has 0 saturated heterocycles. The van der Waals surface area contributed by atoms with Crippen LogP contribution in [0.15, 0.2) is 48.5 Å². The summed E-state index contributed by atoms with van der Waals surface area (Å²) in [7, 11) is 0. The molecule has 1 heterocycles. The lowest BCUT2D eigenvalue weighted by atomic mass is 9.97. The van der Waals surface area contributed by atoms with Crippen molar-refractivity contribution in [3.63, 3.8) is 0 Å². The van der Waals surface area contributed by atoms with Crippen molar-refractivity contribution in [3.05, 3.63) is 80.9 Å². The highest BCUT2D eigenvalue weighted by Crippen LogP contribution is 2.43. The van der Waals surface area contributed by atoms with Crippen molar-refractivity contribution in [3.8, 4) is 0 Å². The van der Waals surface area contributed by atoms with Gasteiger partial charge in [0, 0.05) is 16.1 Å². The first-order valence-corrected chi connectivity index (χ1v) is 7.98. The molecule has 0 saturated carbocycles. The summed E-state index contributed by atoms with van der Waals surface area (Å²) in [6.07, 6.45) is -0.555. The highest BCUT2D eigenvalue weighted by Gasteiger charge is 2.30. The Balaban J connectivity index is 2.10. The van der Waals surface area contributed by atoms with Crippen LogP contribution in [-0.4, -0.2) is 11.5 Å². The smallest absolute Gasteiger partial charge is 0.244 e. The highest BCUT2D eigenvalue weighted by atomic mass is 127. The number of nitrogens with zero attached hydrogens (tertiary/aromatic N) is 1. The maximum atomic E-state index is 11.0. The van der Waals surface area contributed by atoms with E-state index in [0.29, 0.717) is 5.76 Å². The standard InChI is InChI=1S/C17H14INO3/c1-11-6-8-12(9-7-11)17-16(18)14-5-3-2-4-13(14)15(22-17)10-19(20)21/h2-9,15H,10H2,1H3. The Morgan fingerprint density at radius 1 is 1.18 bits per heavy atom. The fraction of sp³-hybridized carbons (Fsp3) is 0.176. The van der Waals surface area contributed by atoms with Crippen LogP contribution in [-0.2, 0) is 4.74 Å². The van der Waals surface area contributed by atoms with E-state index in [4.69, 9.17) is 4.74 Å². The minimum atomic E-state index is -0.555. The molecule has 0 bridgehead atoms. The monoisotopic (exact) mass is 407 g/mol. The van der Waals surface area contributed by atoms with Crippen LogP contribution >= 0.6 is 22.6 Å². The van der Waals surface area contributed by atoms with Gasteiger partial charge in [0.2, 0.25) is 6.54 Å². The van der Waals surface area contributed by atoms with Gasteiger partial charge >= 0.3 is 0 Å². The van der Waals surface area contributed by atoms with Crippen molar-refractivity contribution in [1.82, 2.24) is 0 Å². The number of aryl methyl sites for hydroxylation is 1. The molecule has 0 amide bonds. The summed E-state index contributed by atoms with van der Waals surface area (Å²) in [5, 5.41) is 11.0. The van der Waals surface area contributed by atoms with Crippen LogP contribution in [0.1, 0.15) is 28.4 Å². The number of ether oxygens (including phenoxy) is 1. The first kappa shape index (κ1) is 15.0. The maximum Gasteiger partial charge on any atom is 0.244 e. The molecule has 0 N–H and O–H groups in total. The third-order valence-electron chi connectivity index (χ3n) is 3.63. The number of fused-ring (bicyclic) bond motifs is 1. The molecular weight excluding hydrogens is 393 g/mol. The topological polar surface area (TPSA) is 52.4 Å². The van der Waals surface area contributed by atoms with E-state index in [2.05, 4.69) is 22.6 Å². The zero-order valence-corrected chi connectivity index (χ0v) is 14.1. The second-order valence-electron chi connectivity index (χ2n) is 5.22. The molecule has 2 aromatic rings. The van der Waals surface area contributed by atoms with Crippen molar-refractivity contribution in [2.45, 2.75) is 13.0 Å². The molecule has 3 rings (SSSR count). The van der Waals surface area contributed by atoms with Crippen LogP contribution in [0.3, 0.4) is 0 Å². The second-order valence-corrected chi connectivity index (χ2v) is 6.30. The molecule has 112 valence electrons. The Labute approximate surface area is 142 Å². The van der Waals surface area contributed by atoms with Crippen molar-refractivity contribution >= 4 is 31.9 Å². The first-order chi connectivity index (χ1) is 10.6. The number of nitro groups is 1. The fourth-order valence-electron chi connectivity index (χ4n) is 2.53. The molecule has 5 heteroatoms. The molecule has 1 atom stereocenters. The van der Waals surface area contributed by atoms with Crippen molar-refractivity contribution in [2.24, 2.45) is 0 Å². The van der Waals surface area contributed by atoms with E-state index in [1.165, 1.54) is 0 Å². The summed E-state index contributed by atoms with van der Waals surface area (Å²) in [4.78, 5) is 10.6. The third kappa shape index (κ3) is 2.85. The van der Waals surface area contributed by atoms with Crippen LogP contribution in [0, 0.1) is 17.0 Å². The highest BCUT2D eigenvalue weighted by molar-refractivity contribution is 14.1. The molecular formula is C17H14INO3. The summed E-state index contributed by atoms with van der Waals surface area (Å²) in [6, 6.07) is 15.7. The zero-order valence-electron chi connectivity index (χ0n) is 12.0. The maximum absolute atomic E-state index is 11.0. The van der Waals surface area contributed by atoms with E-state index in [1.807, 2.05) is 55.5 Å². The van der Waals surface area contributed by atoms with Crippen molar-refractivity contribution in [2.75, 3.05) is 6.54 Å². The van der Waals surface area contributed by atoms with Gasteiger partial charge in [-0.2, -0.15) is 0 Å². The quantitative estimate of drug-likeness (QED) is 0.425. The summed E-state index contributed by atoms with van der Waals surface area (Å²) in [5.74, 6) is 0.714. The van der Waals surface area contributed by atoms with Gasteiger partial charge in [-0.05, 0) is 35.1 Å². The van der Waals surface area contributed by atoms with Gasteiger partial charge in [-0.15, -0.1) is 0 Å². The predicted octanol–water partition coefficient (Wildman–Crippen LogP) is 4.60. The van der Waals surface area contributed by atoms with Gasteiger partial charge < -0.3 is 4.74 Å². The van der Waals surface area contributed by atoms with E-state index in [-0.39, 0.29) is 11.5 Å². The molecule has 0 aliphatic carbocycles. The normalized spacial score (nSPS) is 16.9. The number of halogens is 1. The lowest BCUT2D eigenvalue weighted by Crippen LogP contribution is -2.19. The van der Waals surface area contributed by atoms with Crippen LogP contribution in [0.4, 0.5) is 0 Å². The SMILES string of the molecule is Cc1ccc(C2=C(I)c3ccccc3C(C[N+](=O)[O-])O2)cc1. The van der Waals surface area contributed by atoms with E-state index in [9.17, 15) is 10.1 Å². The van der Waals surface area contributed by atoms with E-state index in [1.54, 1.807) is 0 Å². The Hall–Kier alpha value is -1.89. The Morgan fingerprint density at radius 2 is 1.86 bits per heavy atom. The van der Waals surface area contributed by atoms with Gasteiger partial charge in [-0.3, -0.25) is 10.1 Å². The zero-order chi connectivity index (χ0) is 15.7. The molecule has 0 radical (unpaired) electrons. The van der Waals surface area contributed by atoms with Crippen LogP contribution in [0.2, 0.25) is 0 Å². The minimum absolute atomic E-state index is 0.240. The van der Waals surface area contributed by atoms with E-state index >= 15 is 0 Å². The summed E-state index contributed by atoms with van der Waals surface area (Å²) in [6.45, 7) is 1.78. The van der Waals surface area contributed by atoms with E-state index < -0.39 is 6.10 Å². The molecule has 1 unspecified atom stereocenters. The molecule has 0 fully saturated rings. The molecule has 1 aliphatic heterocycles. The number of rotatable bonds is 3. The third-order valence-corrected chi connectivity index (χ3v) is 4.70. The molecule has 1 aliphatic rings. The summed E-state index contributed by atoms with van der Waals surface area (Å²) in [5.41, 5.74) is 3.99. The second kappa shape index (κ2) is 6.08. The number of hydrogen-bond donors (Lipinski definition) is 0. The fourth-order valence-corrected chi connectivity index (χ4v) is 3.46.